The molecule has 0 unspecified atom stereocenters. The lowest BCUT2D eigenvalue weighted by atomic mass is 10.0. The Bertz CT molecular complexity index is 1030. The number of hydrogen-bond donors (Lipinski definition) is 1. The Labute approximate surface area is 174 Å². The van der Waals surface area contributed by atoms with Gasteiger partial charge in [0.25, 0.3) is 5.92 Å². The summed E-state index contributed by atoms with van der Waals surface area (Å²) < 4.78 is 50.3. The maximum atomic E-state index is 14.9. The highest BCUT2D eigenvalue weighted by Crippen LogP contribution is 2.43. The van der Waals surface area contributed by atoms with Gasteiger partial charge in [0.1, 0.15) is 6.54 Å². The number of halogens is 3. The molecule has 6 heteroatoms. The summed E-state index contributed by atoms with van der Waals surface area (Å²) in [4.78, 5) is 0. The number of hydrogen-bond acceptors (Lipinski definition) is 3. The molecule has 0 saturated heterocycles. The fraction of sp³-hybridized carbons (Fsp3) is 0.333. The lowest BCUT2D eigenvalue weighted by Crippen LogP contribution is -2.43. The number of ether oxygens (including phenoxy) is 1. The molecule has 0 atom stereocenters. The van der Waals surface area contributed by atoms with Crippen molar-refractivity contribution in [1.29, 1.82) is 0 Å². The molecule has 2 aliphatic rings. The summed E-state index contributed by atoms with van der Waals surface area (Å²) >= 11 is 0. The van der Waals surface area contributed by atoms with Crippen LogP contribution in [0.3, 0.4) is 0 Å². The first-order valence-electron chi connectivity index (χ1n) is 10.1. The van der Waals surface area contributed by atoms with E-state index in [2.05, 4.69) is 5.43 Å². The predicted molar refractivity (Wildman–Crippen MR) is 110 cm³/mol. The summed E-state index contributed by atoms with van der Waals surface area (Å²) in [6, 6.07) is 9.74. The second-order valence-corrected chi connectivity index (χ2v) is 8.16. The third-order valence-electron chi connectivity index (χ3n) is 5.50. The molecule has 2 aromatic rings. The molecule has 0 radical (unpaired) electrons. The quantitative estimate of drug-likeness (QED) is 0.622. The molecule has 2 aromatic carbocycles. The molecule has 0 aromatic heterocycles. The Morgan fingerprint density at radius 3 is 2.57 bits per heavy atom. The minimum absolute atomic E-state index is 0.0429. The lowest BCUT2D eigenvalue weighted by molar-refractivity contribution is -0.0383. The zero-order valence-electron chi connectivity index (χ0n) is 17.3. The minimum atomic E-state index is -3.08. The summed E-state index contributed by atoms with van der Waals surface area (Å²) in [5.41, 5.74) is 5.94. The van der Waals surface area contributed by atoms with Crippen molar-refractivity contribution in [3.8, 4) is 5.75 Å². The molecule has 1 heterocycles. The van der Waals surface area contributed by atoms with Crippen LogP contribution in [-0.4, -0.2) is 11.6 Å². The van der Waals surface area contributed by atoms with Crippen molar-refractivity contribution in [2.45, 2.75) is 45.5 Å². The van der Waals surface area contributed by atoms with Gasteiger partial charge >= 0.3 is 0 Å². The van der Waals surface area contributed by atoms with Gasteiger partial charge < -0.3 is 4.74 Å². The van der Waals surface area contributed by atoms with Crippen molar-refractivity contribution < 1.29 is 17.9 Å². The third-order valence-corrected chi connectivity index (χ3v) is 5.50. The highest BCUT2D eigenvalue weighted by Gasteiger charge is 2.35. The van der Waals surface area contributed by atoms with Gasteiger partial charge in [-0.05, 0) is 73.9 Å². The monoisotopic (exact) mass is 414 g/mol. The van der Waals surface area contributed by atoms with Crippen molar-refractivity contribution in [3.05, 3.63) is 88.2 Å². The van der Waals surface area contributed by atoms with Crippen molar-refractivity contribution in [2.24, 2.45) is 0 Å². The minimum Gasteiger partial charge on any atom is -0.437 e. The van der Waals surface area contributed by atoms with Crippen LogP contribution in [0.25, 0.3) is 0 Å². The maximum Gasteiger partial charge on any atom is 0.292 e. The van der Waals surface area contributed by atoms with Gasteiger partial charge in [0, 0.05) is 17.8 Å². The summed E-state index contributed by atoms with van der Waals surface area (Å²) in [6.07, 6.45) is 5.20. The van der Waals surface area contributed by atoms with Crippen molar-refractivity contribution in [3.63, 3.8) is 0 Å². The van der Waals surface area contributed by atoms with Crippen LogP contribution in [0.15, 0.2) is 60.1 Å². The molecule has 0 amide bonds. The molecule has 158 valence electrons. The first kappa shape index (κ1) is 20.4. The van der Waals surface area contributed by atoms with Gasteiger partial charge in [0.15, 0.2) is 11.6 Å². The Balaban J connectivity index is 1.49. The van der Waals surface area contributed by atoms with Gasteiger partial charge in [-0.25, -0.2) is 4.39 Å². The molecule has 0 spiro atoms. The third kappa shape index (κ3) is 4.32. The number of aryl methyl sites for hydroxylation is 2. The van der Waals surface area contributed by atoms with Gasteiger partial charge in [-0.3, -0.25) is 10.4 Å². The second-order valence-electron chi connectivity index (χ2n) is 8.16. The molecule has 1 N–H and O–H groups in total. The zero-order valence-corrected chi connectivity index (χ0v) is 17.3. The molecular formula is C24H25F3N2O. The fourth-order valence-electron chi connectivity index (χ4n) is 3.54. The summed E-state index contributed by atoms with van der Waals surface area (Å²) in [7, 11) is 0. The second kappa shape index (κ2) is 7.74. The maximum absolute atomic E-state index is 14.9. The van der Waals surface area contributed by atoms with Crippen molar-refractivity contribution in [2.75, 3.05) is 6.54 Å². The number of alkyl halides is 2. The Morgan fingerprint density at radius 2 is 1.87 bits per heavy atom. The topological polar surface area (TPSA) is 24.5 Å². The van der Waals surface area contributed by atoms with E-state index in [9.17, 15) is 13.2 Å². The first-order valence-corrected chi connectivity index (χ1v) is 10.1. The fourth-order valence-corrected chi connectivity index (χ4v) is 3.54. The van der Waals surface area contributed by atoms with Gasteiger partial charge in [-0.2, -0.15) is 8.78 Å². The number of allylic oxidation sites excluding steroid dienone is 2. The summed E-state index contributed by atoms with van der Waals surface area (Å²) in [5.74, 6) is -2.92. The van der Waals surface area contributed by atoms with Crippen LogP contribution in [0.1, 0.15) is 47.9 Å². The molecule has 1 fully saturated rings. The standard InChI is InChI=1S/C24H25F3N2O/c1-15-11-22(30-21-6-4-5-20(23(21)25)18-8-9-18)28-29(13-15)14-24(26,27)19-10-7-16(2)17(3)12-19/h4-7,10-13,18,28H,8-9,14H2,1-3H3. The molecule has 4 rings (SSSR count). The van der Waals surface area contributed by atoms with Crippen LogP contribution < -0.4 is 10.2 Å². The Morgan fingerprint density at radius 1 is 1.10 bits per heavy atom. The van der Waals surface area contributed by atoms with E-state index in [1.807, 2.05) is 13.8 Å². The van der Waals surface area contributed by atoms with Crippen LogP contribution in [0.2, 0.25) is 0 Å². The molecule has 30 heavy (non-hydrogen) atoms. The largest absolute Gasteiger partial charge is 0.437 e. The predicted octanol–water partition coefficient (Wildman–Crippen LogP) is 6.06. The van der Waals surface area contributed by atoms with Gasteiger partial charge in [0.2, 0.25) is 5.88 Å². The number of rotatable bonds is 6. The molecular weight excluding hydrogens is 389 g/mol. The van der Waals surface area contributed by atoms with E-state index in [0.29, 0.717) is 5.56 Å². The molecule has 1 aliphatic heterocycles. The van der Waals surface area contributed by atoms with Crippen LogP contribution in [0.5, 0.6) is 5.75 Å². The van der Waals surface area contributed by atoms with E-state index < -0.39 is 12.5 Å². The van der Waals surface area contributed by atoms with E-state index in [1.54, 1.807) is 43.5 Å². The number of nitrogens with zero attached hydrogens (tertiary/aromatic N) is 1. The van der Waals surface area contributed by atoms with E-state index >= 15 is 0 Å². The normalized spacial score (nSPS) is 16.7. The SMILES string of the molecule is CC1=CN(CC(F)(F)c2ccc(C)c(C)c2)NC(Oc2cccc(C3CC3)c2F)=C1. The lowest BCUT2D eigenvalue weighted by Gasteiger charge is -2.31. The van der Waals surface area contributed by atoms with Gasteiger partial charge in [0.05, 0.1) is 0 Å². The smallest absolute Gasteiger partial charge is 0.292 e. The van der Waals surface area contributed by atoms with E-state index in [1.165, 1.54) is 17.1 Å². The number of nitrogens with one attached hydrogen (secondary N) is 1. The molecule has 0 bridgehead atoms. The zero-order chi connectivity index (χ0) is 21.5. The highest BCUT2D eigenvalue weighted by molar-refractivity contribution is 5.37. The average Bonchev–Trinajstić information content (AvgIpc) is 3.50. The molecule has 1 aliphatic carbocycles. The number of benzene rings is 2. The van der Waals surface area contributed by atoms with Gasteiger partial charge in [-0.1, -0.05) is 24.3 Å². The number of hydrazine groups is 1. The average molecular weight is 414 g/mol. The van der Waals surface area contributed by atoms with Crippen molar-refractivity contribution >= 4 is 0 Å². The van der Waals surface area contributed by atoms with E-state index in [-0.39, 0.29) is 28.9 Å². The van der Waals surface area contributed by atoms with Crippen LogP contribution in [0.4, 0.5) is 13.2 Å². The van der Waals surface area contributed by atoms with Crippen LogP contribution in [0, 0.1) is 19.7 Å². The summed E-state index contributed by atoms with van der Waals surface area (Å²) in [5, 5.41) is 1.28. The van der Waals surface area contributed by atoms with Crippen LogP contribution in [-0.2, 0) is 5.92 Å². The summed E-state index contributed by atoms with van der Waals surface area (Å²) in [6.45, 7) is 4.90. The van der Waals surface area contributed by atoms with E-state index in [0.717, 1.165) is 29.5 Å². The molecule has 1 saturated carbocycles. The molecule has 3 nitrogen and oxygen atoms in total. The van der Waals surface area contributed by atoms with E-state index in [4.69, 9.17) is 4.74 Å². The Hall–Kier alpha value is -2.89. The van der Waals surface area contributed by atoms with Gasteiger partial charge in [-0.15, -0.1) is 0 Å². The van der Waals surface area contributed by atoms with Crippen molar-refractivity contribution in [1.82, 2.24) is 10.4 Å². The van der Waals surface area contributed by atoms with Crippen LogP contribution >= 0.6 is 0 Å². The Kier molecular flexibility index (Phi) is 5.26. The highest BCUT2D eigenvalue weighted by atomic mass is 19.3. The first-order chi connectivity index (χ1) is 14.2.